The van der Waals surface area contributed by atoms with Gasteiger partial charge < -0.3 is 4.90 Å². The van der Waals surface area contributed by atoms with E-state index in [-0.39, 0.29) is 17.6 Å². The van der Waals surface area contributed by atoms with Gasteiger partial charge in [0, 0.05) is 23.4 Å². The van der Waals surface area contributed by atoms with Gasteiger partial charge in [0.05, 0.1) is 12.2 Å². The average molecular weight is 433 g/mol. The molecule has 2 amide bonds. The van der Waals surface area contributed by atoms with Crippen LogP contribution in [0, 0.1) is 12.7 Å². The number of thioether (sulfide) groups is 1. The van der Waals surface area contributed by atoms with Crippen LogP contribution in [0.3, 0.4) is 0 Å². The second-order valence-electron chi connectivity index (χ2n) is 7.84. The molecule has 0 saturated carbocycles. The number of hydrogen-bond acceptors (Lipinski definition) is 3. The third-order valence-corrected chi connectivity index (χ3v) is 7.24. The predicted octanol–water partition coefficient (Wildman–Crippen LogP) is 5.00. The van der Waals surface area contributed by atoms with Crippen LogP contribution in [0.15, 0.2) is 72.8 Å². The predicted molar refractivity (Wildman–Crippen MR) is 121 cm³/mol. The zero-order valence-electron chi connectivity index (χ0n) is 17.0. The Hall–Kier alpha value is -3.12. The first-order valence-electron chi connectivity index (χ1n) is 10.2. The van der Waals surface area contributed by atoms with E-state index >= 15 is 0 Å². The molecule has 0 aliphatic carbocycles. The minimum Gasteiger partial charge on any atom is -0.304 e. The molecule has 156 valence electrons. The smallest absolute Gasteiger partial charge is 0.269 e. The molecular weight excluding hydrogens is 411 g/mol. The molecule has 2 heterocycles. The highest BCUT2D eigenvalue weighted by Gasteiger charge is 2.58. The number of carbonyl (C=O) groups is 2. The van der Waals surface area contributed by atoms with Crippen LogP contribution in [0.4, 0.5) is 15.8 Å². The molecule has 0 N–H and O–H groups in total. The number of benzene rings is 3. The number of rotatable bonds is 3. The highest BCUT2D eigenvalue weighted by Crippen LogP contribution is 2.54. The number of anilines is 2. The van der Waals surface area contributed by atoms with Gasteiger partial charge in [-0.25, -0.2) is 4.39 Å². The van der Waals surface area contributed by atoms with E-state index in [9.17, 15) is 14.0 Å². The van der Waals surface area contributed by atoms with Gasteiger partial charge in [-0.3, -0.25) is 14.5 Å². The van der Waals surface area contributed by atoms with E-state index in [2.05, 4.69) is 0 Å². The van der Waals surface area contributed by atoms with Gasteiger partial charge in [-0.2, -0.15) is 0 Å². The first-order valence-corrected chi connectivity index (χ1v) is 11.2. The van der Waals surface area contributed by atoms with E-state index in [0.717, 1.165) is 28.1 Å². The minimum absolute atomic E-state index is 0.0608. The summed E-state index contributed by atoms with van der Waals surface area (Å²) in [5.74, 6) is 0.0597. The molecule has 5 rings (SSSR count). The maximum absolute atomic E-state index is 14.0. The molecule has 1 fully saturated rings. The van der Waals surface area contributed by atoms with Crippen molar-refractivity contribution in [1.82, 2.24) is 0 Å². The van der Waals surface area contributed by atoms with Gasteiger partial charge in [-0.1, -0.05) is 48.0 Å². The van der Waals surface area contributed by atoms with Crippen molar-refractivity contribution >= 4 is 35.0 Å². The van der Waals surface area contributed by atoms with E-state index < -0.39 is 4.87 Å². The highest BCUT2D eigenvalue weighted by atomic mass is 32.2. The molecule has 3 aromatic rings. The first-order chi connectivity index (χ1) is 15.0. The largest absolute Gasteiger partial charge is 0.304 e. The topological polar surface area (TPSA) is 40.6 Å². The summed E-state index contributed by atoms with van der Waals surface area (Å²) in [5, 5.41) is 0. The zero-order chi connectivity index (χ0) is 21.6. The van der Waals surface area contributed by atoms with Crippen molar-refractivity contribution in [1.29, 1.82) is 0 Å². The molecule has 0 bridgehead atoms. The lowest BCUT2D eigenvalue weighted by Gasteiger charge is -2.42. The molecule has 2 aliphatic heterocycles. The fraction of sp³-hybridized carbons (Fsp3) is 0.200. The summed E-state index contributed by atoms with van der Waals surface area (Å²) >= 11 is 1.51. The van der Waals surface area contributed by atoms with Crippen molar-refractivity contribution in [3.05, 3.63) is 95.3 Å². The van der Waals surface area contributed by atoms with Crippen molar-refractivity contribution in [2.45, 2.75) is 24.8 Å². The Kier molecular flexibility index (Phi) is 4.82. The average Bonchev–Trinajstić information content (AvgIpc) is 3.00. The lowest BCUT2D eigenvalue weighted by atomic mass is 10.0. The Morgan fingerprint density at radius 1 is 0.968 bits per heavy atom. The molecule has 31 heavy (non-hydrogen) atoms. The molecule has 0 aromatic heterocycles. The Bertz CT molecular complexity index is 1160. The van der Waals surface area contributed by atoms with Crippen LogP contribution < -0.4 is 9.80 Å². The second-order valence-corrected chi connectivity index (χ2v) is 9.13. The van der Waals surface area contributed by atoms with Crippen molar-refractivity contribution in [2.24, 2.45) is 0 Å². The number of nitrogens with zero attached hydrogens (tertiary/aromatic N) is 2. The number of hydrogen-bond donors (Lipinski definition) is 0. The van der Waals surface area contributed by atoms with Gasteiger partial charge in [-0.05, 0) is 42.8 Å². The van der Waals surface area contributed by atoms with Crippen molar-refractivity contribution in [3.8, 4) is 0 Å². The minimum atomic E-state index is -1.14. The van der Waals surface area contributed by atoms with Gasteiger partial charge in [0.25, 0.3) is 5.91 Å². The number of para-hydroxylation sites is 1. The van der Waals surface area contributed by atoms with Crippen LogP contribution in [0.5, 0.6) is 0 Å². The maximum atomic E-state index is 14.0. The monoisotopic (exact) mass is 432 g/mol. The lowest BCUT2D eigenvalue weighted by molar-refractivity contribution is -0.125. The molecule has 1 atom stereocenters. The number of fused-ring (bicyclic) bond motifs is 2. The summed E-state index contributed by atoms with van der Waals surface area (Å²) in [6.45, 7) is 2.31. The summed E-state index contributed by atoms with van der Waals surface area (Å²) in [4.78, 5) is 29.5. The Labute approximate surface area is 184 Å². The second kappa shape index (κ2) is 7.54. The molecule has 1 saturated heterocycles. The van der Waals surface area contributed by atoms with E-state index in [1.54, 1.807) is 21.9 Å². The lowest BCUT2D eigenvalue weighted by Crippen LogP contribution is -2.56. The summed E-state index contributed by atoms with van der Waals surface area (Å²) in [6.07, 6.45) is 0.383. The third-order valence-electron chi connectivity index (χ3n) is 5.83. The Balaban J connectivity index is 1.64. The van der Waals surface area contributed by atoms with Crippen LogP contribution >= 0.6 is 11.8 Å². The quantitative estimate of drug-likeness (QED) is 0.585. The summed E-state index contributed by atoms with van der Waals surface area (Å²) < 4.78 is 13.4. The van der Waals surface area contributed by atoms with Crippen LogP contribution in [0.1, 0.15) is 23.1 Å². The third kappa shape index (κ3) is 3.13. The van der Waals surface area contributed by atoms with Crippen molar-refractivity contribution in [3.63, 3.8) is 0 Å². The first kappa shape index (κ1) is 19.8. The van der Waals surface area contributed by atoms with Gasteiger partial charge in [-0.15, -0.1) is 11.8 Å². The summed E-state index contributed by atoms with van der Waals surface area (Å²) in [6, 6.07) is 21.5. The van der Waals surface area contributed by atoms with Crippen molar-refractivity contribution < 1.29 is 14.0 Å². The molecule has 0 radical (unpaired) electrons. The Morgan fingerprint density at radius 3 is 2.42 bits per heavy atom. The van der Waals surface area contributed by atoms with Gasteiger partial charge in [0.15, 0.2) is 0 Å². The molecule has 0 unspecified atom stereocenters. The van der Waals surface area contributed by atoms with Crippen molar-refractivity contribution in [2.75, 3.05) is 15.6 Å². The standard InChI is InChI=1S/C25H21FN2O2S/c1-17-6-12-20(13-7-17)28-23(29)14-15-31-25(28)21-4-2-3-5-22(21)27(24(25)30)16-18-8-10-19(26)11-9-18/h2-13H,14-16H2,1H3/t25-/m0/s1. The van der Waals surface area contributed by atoms with E-state index in [4.69, 9.17) is 0 Å². The van der Waals surface area contributed by atoms with Crippen LogP contribution in [-0.2, 0) is 21.0 Å². The summed E-state index contributed by atoms with van der Waals surface area (Å²) in [7, 11) is 0. The van der Waals surface area contributed by atoms with E-state index in [0.29, 0.717) is 18.7 Å². The molecule has 1 spiro atoms. The van der Waals surface area contributed by atoms with E-state index in [1.165, 1.54) is 23.9 Å². The maximum Gasteiger partial charge on any atom is 0.269 e. The molecular formula is C25H21FN2O2S. The fourth-order valence-electron chi connectivity index (χ4n) is 4.35. The Morgan fingerprint density at radius 2 is 1.68 bits per heavy atom. The fourth-order valence-corrected chi connectivity index (χ4v) is 5.82. The van der Waals surface area contributed by atoms with Crippen LogP contribution in [0.2, 0.25) is 0 Å². The van der Waals surface area contributed by atoms with E-state index in [1.807, 2.05) is 55.5 Å². The number of amides is 2. The number of aryl methyl sites for hydroxylation is 1. The zero-order valence-corrected chi connectivity index (χ0v) is 17.9. The molecule has 2 aliphatic rings. The number of carbonyl (C=O) groups excluding carboxylic acids is 2. The molecule has 3 aromatic carbocycles. The summed E-state index contributed by atoms with van der Waals surface area (Å²) in [5.41, 5.74) is 4.24. The normalized spacial score (nSPS) is 20.5. The number of halogens is 1. The van der Waals surface area contributed by atoms with Crippen LogP contribution in [-0.4, -0.2) is 17.6 Å². The SMILES string of the molecule is Cc1ccc(N2C(=O)CCS[C@@]23C(=O)N(Cc2ccc(F)cc2)c2ccccc23)cc1. The molecule has 4 nitrogen and oxygen atoms in total. The molecule has 6 heteroatoms. The van der Waals surface area contributed by atoms with Gasteiger partial charge >= 0.3 is 0 Å². The highest BCUT2D eigenvalue weighted by molar-refractivity contribution is 8.01. The van der Waals surface area contributed by atoms with Gasteiger partial charge in [0.2, 0.25) is 10.8 Å². The van der Waals surface area contributed by atoms with Gasteiger partial charge in [0.1, 0.15) is 5.82 Å². The van der Waals surface area contributed by atoms with Crippen LogP contribution in [0.25, 0.3) is 0 Å².